The second-order valence-electron chi connectivity index (χ2n) is 7.87. The molecule has 0 bridgehead atoms. The summed E-state index contributed by atoms with van der Waals surface area (Å²) in [5.74, 6) is 1.30. The number of ether oxygens (including phenoxy) is 1. The molecule has 0 aromatic heterocycles. The molecule has 3 aromatic rings. The predicted molar refractivity (Wildman–Crippen MR) is 117 cm³/mol. The zero-order valence-corrected chi connectivity index (χ0v) is 17.1. The van der Waals surface area contributed by atoms with Crippen LogP contribution >= 0.6 is 0 Å². The zero-order chi connectivity index (χ0) is 20.3. The third-order valence-corrected chi connectivity index (χ3v) is 5.60. The van der Waals surface area contributed by atoms with E-state index in [0.29, 0.717) is 12.3 Å². The molecule has 2 N–H and O–H groups in total. The van der Waals surface area contributed by atoms with Crippen molar-refractivity contribution < 1.29 is 9.53 Å². The quantitative estimate of drug-likeness (QED) is 0.614. The Morgan fingerprint density at radius 3 is 2.14 bits per heavy atom. The summed E-state index contributed by atoms with van der Waals surface area (Å²) in [6, 6.07) is 20.4. The second kappa shape index (κ2) is 8.57. The van der Waals surface area contributed by atoms with Gasteiger partial charge in [0.15, 0.2) is 5.78 Å². The Labute approximate surface area is 167 Å². The molecule has 0 aliphatic heterocycles. The molecule has 3 aromatic carbocycles. The highest BCUT2D eigenvalue weighted by Gasteiger charge is 2.23. The Kier molecular flexibility index (Phi) is 6.15. The Balaban J connectivity index is 1.80. The van der Waals surface area contributed by atoms with E-state index in [1.165, 1.54) is 10.9 Å². The van der Waals surface area contributed by atoms with E-state index in [1.54, 1.807) is 7.11 Å². The van der Waals surface area contributed by atoms with Crippen molar-refractivity contribution in [2.24, 2.45) is 17.6 Å². The average molecular weight is 376 g/mol. The number of benzene rings is 3. The van der Waals surface area contributed by atoms with E-state index in [9.17, 15) is 4.79 Å². The molecular weight excluding hydrogens is 346 g/mol. The number of fused-ring (bicyclic) bond motifs is 1. The Hall–Kier alpha value is -2.65. The summed E-state index contributed by atoms with van der Waals surface area (Å²) in [7, 11) is 1.67. The maximum absolute atomic E-state index is 12.5. The summed E-state index contributed by atoms with van der Waals surface area (Å²) in [6.07, 6.45) is 0.575. The van der Waals surface area contributed by atoms with E-state index in [1.807, 2.05) is 19.1 Å². The molecule has 3 nitrogen and oxygen atoms in total. The van der Waals surface area contributed by atoms with Crippen LogP contribution in [0.3, 0.4) is 0 Å². The molecular formula is C25H29NO2. The first-order valence-electron chi connectivity index (χ1n) is 9.85. The third kappa shape index (κ3) is 4.42. The van der Waals surface area contributed by atoms with Crippen molar-refractivity contribution in [1.29, 1.82) is 0 Å². The molecule has 0 radical (unpaired) electrons. The lowest BCUT2D eigenvalue weighted by molar-refractivity contribution is -0.124. The van der Waals surface area contributed by atoms with Gasteiger partial charge in [-0.15, -0.1) is 0 Å². The first-order valence-corrected chi connectivity index (χ1v) is 9.85. The fraction of sp³-hybridized carbons (Fsp3) is 0.320. The van der Waals surface area contributed by atoms with E-state index in [-0.39, 0.29) is 11.7 Å². The monoisotopic (exact) mass is 375 g/mol. The number of ketones is 1. The molecule has 28 heavy (non-hydrogen) atoms. The van der Waals surface area contributed by atoms with Gasteiger partial charge in [0.25, 0.3) is 0 Å². The van der Waals surface area contributed by atoms with Gasteiger partial charge in [-0.2, -0.15) is 0 Å². The van der Waals surface area contributed by atoms with E-state index >= 15 is 0 Å². The van der Waals surface area contributed by atoms with Gasteiger partial charge in [0, 0.05) is 5.92 Å². The fourth-order valence-electron chi connectivity index (χ4n) is 3.41. The summed E-state index contributed by atoms with van der Waals surface area (Å²) in [5.41, 5.74) is 9.62. The van der Waals surface area contributed by atoms with Gasteiger partial charge in [0.05, 0.1) is 13.2 Å². The van der Waals surface area contributed by atoms with Crippen molar-refractivity contribution in [2.75, 3.05) is 7.11 Å². The van der Waals surface area contributed by atoms with Gasteiger partial charge in [0.1, 0.15) is 5.75 Å². The number of methoxy groups -OCH3 is 1. The van der Waals surface area contributed by atoms with Crippen LogP contribution < -0.4 is 10.5 Å². The van der Waals surface area contributed by atoms with E-state index in [4.69, 9.17) is 10.5 Å². The number of nitrogens with two attached hydrogens (primary N) is 1. The van der Waals surface area contributed by atoms with E-state index in [2.05, 4.69) is 62.4 Å². The molecule has 3 heteroatoms. The Morgan fingerprint density at radius 2 is 1.50 bits per heavy atom. The second-order valence-corrected chi connectivity index (χ2v) is 7.87. The predicted octanol–water partition coefficient (Wildman–Crippen LogP) is 5.25. The first-order chi connectivity index (χ1) is 13.4. The summed E-state index contributed by atoms with van der Waals surface area (Å²) in [6.45, 7) is 6.09. The lowest BCUT2D eigenvalue weighted by Crippen LogP contribution is -2.38. The molecule has 0 fully saturated rings. The molecule has 0 spiro atoms. The molecule has 0 aliphatic carbocycles. The molecule has 2 atom stereocenters. The highest BCUT2D eigenvalue weighted by Crippen LogP contribution is 2.27. The maximum atomic E-state index is 12.5. The van der Waals surface area contributed by atoms with Gasteiger partial charge < -0.3 is 10.5 Å². The van der Waals surface area contributed by atoms with Crippen LogP contribution in [0.15, 0.2) is 60.7 Å². The minimum atomic E-state index is -0.451. The average Bonchev–Trinajstić information content (AvgIpc) is 2.72. The fourth-order valence-corrected chi connectivity index (χ4v) is 3.41. The molecule has 0 heterocycles. The van der Waals surface area contributed by atoms with Crippen molar-refractivity contribution in [3.8, 4) is 16.9 Å². The van der Waals surface area contributed by atoms with Crippen LogP contribution in [0.4, 0.5) is 0 Å². The summed E-state index contributed by atoms with van der Waals surface area (Å²) in [5, 5.41) is 2.33. The number of rotatable bonds is 7. The van der Waals surface area contributed by atoms with Crippen LogP contribution in [0.2, 0.25) is 0 Å². The van der Waals surface area contributed by atoms with Crippen molar-refractivity contribution in [3.63, 3.8) is 0 Å². The molecule has 146 valence electrons. The molecule has 2 unspecified atom stereocenters. The van der Waals surface area contributed by atoms with Crippen molar-refractivity contribution in [1.82, 2.24) is 0 Å². The molecule has 0 amide bonds. The standard InChI is InChI=1S/C25H29NO2/c1-16(2)17(3)25(27)24(26)14-18-5-6-22-15-21(8-7-20(22)13-18)19-9-11-23(28-4)12-10-19/h5-13,15-17,24H,14,26H2,1-4H3. The third-order valence-electron chi connectivity index (χ3n) is 5.60. The summed E-state index contributed by atoms with van der Waals surface area (Å²) < 4.78 is 5.23. The largest absolute Gasteiger partial charge is 0.497 e. The Morgan fingerprint density at radius 1 is 0.893 bits per heavy atom. The number of carbonyl (C=O) groups is 1. The van der Waals surface area contributed by atoms with Crippen LogP contribution in [-0.4, -0.2) is 18.9 Å². The topological polar surface area (TPSA) is 52.3 Å². The molecule has 0 saturated carbocycles. The van der Waals surface area contributed by atoms with Crippen LogP contribution in [0, 0.1) is 11.8 Å². The number of carbonyl (C=O) groups excluding carboxylic acids is 1. The molecule has 0 saturated heterocycles. The number of hydrogen-bond acceptors (Lipinski definition) is 3. The summed E-state index contributed by atoms with van der Waals surface area (Å²) >= 11 is 0. The maximum Gasteiger partial charge on any atom is 0.152 e. The SMILES string of the molecule is COc1ccc(-c2ccc3cc(CC(N)C(=O)C(C)C(C)C)ccc3c2)cc1. The minimum Gasteiger partial charge on any atom is -0.497 e. The van der Waals surface area contributed by atoms with E-state index < -0.39 is 6.04 Å². The van der Waals surface area contributed by atoms with Crippen molar-refractivity contribution in [2.45, 2.75) is 33.2 Å². The normalized spacial score (nSPS) is 13.5. The molecule has 0 aliphatic rings. The smallest absolute Gasteiger partial charge is 0.152 e. The van der Waals surface area contributed by atoms with Gasteiger partial charge in [-0.3, -0.25) is 4.79 Å². The van der Waals surface area contributed by atoms with Gasteiger partial charge >= 0.3 is 0 Å². The van der Waals surface area contributed by atoms with Gasteiger partial charge in [0.2, 0.25) is 0 Å². The highest BCUT2D eigenvalue weighted by molar-refractivity contribution is 5.89. The Bertz CT molecular complexity index is 960. The lowest BCUT2D eigenvalue weighted by Gasteiger charge is -2.19. The van der Waals surface area contributed by atoms with Crippen LogP contribution in [0.25, 0.3) is 21.9 Å². The zero-order valence-electron chi connectivity index (χ0n) is 17.1. The van der Waals surface area contributed by atoms with E-state index in [0.717, 1.165) is 22.3 Å². The van der Waals surface area contributed by atoms with Gasteiger partial charge in [-0.05, 0) is 58.0 Å². The number of hydrogen-bond donors (Lipinski definition) is 1. The first kappa shape index (κ1) is 20.1. The van der Waals surface area contributed by atoms with Crippen molar-refractivity contribution >= 4 is 16.6 Å². The molecule has 3 rings (SSSR count). The highest BCUT2D eigenvalue weighted by atomic mass is 16.5. The van der Waals surface area contributed by atoms with Crippen LogP contribution in [-0.2, 0) is 11.2 Å². The van der Waals surface area contributed by atoms with Gasteiger partial charge in [-0.25, -0.2) is 0 Å². The van der Waals surface area contributed by atoms with Crippen molar-refractivity contribution in [3.05, 3.63) is 66.2 Å². The van der Waals surface area contributed by atoms with Gasteiger partial charge in [-0.1, -0.05) is 63.2 Å². The van der Waals surface area contributed by atoms with Crippen LogP contribution in [0.1, 0.15) is 26.3 Å². The lowest BCUT2D eigenvalue weighted by atomic mass is 9.87. The summed E-state index contributed by atoms with van der Waals surface area (Å²) in [4.78, 5) is 12.5. The number of Topliss-reactive ketones (excluding diaryl/α,β-unsaturated/α-hetero) is 1. The van der Waals surface area contributed by atoms with Crippen LogP contribution in [0.5, 0.6) is 5.75 Å². The minimum absolute atomic E-state index is 0.0116.